The summed E-state index contributed by atoms with van der Waals surface area (Å²) in [6, 6.07) is 6.86. The van der Waals surface area contributed by atoms with Crippen LogP contribution in [0, 0.1) is 0 Å². The van der Waals surface area contributed by atoms with Crippen LogP contribution < -0.4 is 11.1 Å². The van der Waals surface area contributed by atoms with Crippen LogP contribution in [0.25, 0.3) is 16.9 Å². The number of alkyl halides is 3. The first kappa shape index (κ1) is 13.2. The second-order valence-corrected chi connectivity index (χ2v) is 4.44. The lowest BCUT2D eigenvalue weighted by molar-refractivity contribution is -0.137. The number of nitrogens with zero attached hydrogens (tertiary/aromatic N) is 1. The Balaban J connectivity index is 2.21. The third-order valence-electron chi connectivity index (χ3n) is 2.98. The molecule has 5 nitrogen and oxygen atoms in total. The number of hydrogen-bond acceptors (Lipinski definition) is 2. The van der Waals surface area contributed by atoms with Crippen LogP contribution in [-0.2, 0) is 6.18 Å². The van der Waals surface area contributed by atoms with E-state index in [1.165, 1.54) is 12.1 Å². The van der Waals surface area contributed by atoms with Crippen LogP contribution in [0.2, 0.25) is 0 Å². The molecule has 0 atom stereocenters. The number of nitrogens with one attached hydrogen (secondary N) is 2. The summed E-state index contributed by atoms with van der Waals surface area (Å²) < 4.78 is 39.1. The van der Waals surface area contributed by atoms with Crippen molar-refractivity contribution in [3.63, 3.8) is 0 Å². The van der Waals surface area contributed by atoms with Crippen LogP contribution in [0.4, 0.5) is 13.2 Å². The molecule has 0 fully saturated rings. The number of aromatic nitrogens is 3. The topological polar surface area (TPSA) is 70.1 Å². The van der Waals surface area contributed by atoms with Crippen LogP contribution in [0.1, 0.15) is 5.56 Å². The molecule has 0 spiro atoms. The highest BCUT2D eigenvalue weighted by molar-refractivity contribution is 5.62. The normalized spacial score (nSPS) is 12.0. The molecule has 2 heterocycles. The van der Waals surface area contributed by atoms with Gasteiger partial charge in [0.05, 0.1) is 11.3 Å². The van der Waals surface area contributed by atoms with Gasteiger partial charge in [-0.3, -0.25) is 14.7 Å². The molecule has 0 unspecified atom stereocenters. The average Bonchev–Trinajstić information content (AvgIpc) is 2.79. The Hall–Kier alpha value is -2.77. The zero-order valence-corrected chi connectivity index (χ0v) is 10.4. The van der Waals surface area contributed by atoms with Gasteiger partial charge in [0.15, 0.2) is 0 Å². The molecule has 0 saturated carbocycles. The zero-order valence-electron chi connectivity index (χ0n) is 10.4. The SMILES string of the molecule is O=c1cc2[nH]c(-c3cccc(C(F)(F)F)c3)cc(=O)n2[nH]1. The van der Waals surface area contributed by atoms with Crippen molar-refractivity contribution >= 4 is 5.65 Å². The lowest BCUT2D eigenvalue weighted by atomic mass is 10.1. The Kier molecular flexibility index (Phi) is 2.75. The first-order chi connectivity index (χ1) is 9.84. The predicted octanol–water partition coefficient (Wildman–Crippen LogP) is 2.00. The van der Waals surface area contributed by atoms with Crippen molar-refractivity contribution in [3.05, 3.63) is 62.7 Å². The largest absolute Gasteiger partial charge is 0.416 e. The predicted molar refractivity (Wildman–Crippen MR) is 69.1 cm³/mol. The number of aromatic amines is 2. The molecule has 3 rings (SSSR count). The molecule has 0 aliphatic heterocycles. The molecule has 2 N–H and O–H groups in total. The van der Waals surface area contributed by atoms with Gasteiger partial charge in [-0.1, -0.05) is 12.1 Å². The van der Waals surface area contributed by atoms with Crippen molar-refractivity contribution in [2.24, 2.45) is 0 Å². The van der Waals surface area contributed by atoms with E-state index in [4.69, 9.17) is 0 Å². The summed E-state index contributed by atoms with van der Waals surface area (Å²) in [5.74, 6) is 0. The molecule has 8 heteroatoms. The van der Waals surface area contributed by atoms with E-state index in [1.54, 1.807) is 0 Å². The Bertz CT molecular complexity index is 934. The van der Waals surface area contributed by atoms with Crippen LogP contribution in [-0.4, -0.2) is 14.6 Å². The molecule has 0 bridgehead atoms. The van der Waals surface area contributed by atoms with Crippen LogP contribution >= 0.6 is 0 Å². The highest BCUT2D eigenvalue weighted by atomic mass is 19.4. The number of halogens is 3. The van der Waals surface area contributed by atoms with Gasteiger partial charge in [-0.05, 0) is 17.7 Å². The van der Waals surface area contributed by atoms with Crippen molar-refractivity contribution in [2.75, 3.05) is 0 Å². The maximum absolute atomic E-state index is 12.7. The number of benzene rings is 1. The van der Waals surface area contributed by atoms with E-state index in [0.29, 0.717) is 0 Å². The molecule has 0 amide bonds. The van der Waals surface area contributed by atoms with E-state index in [9.17, 15) is 22.8 Å². The highest BCUT2D eigenvalue weighted by Crippen LogP contribution is 2.31. The Labute approximate surface area is 114 Å². The van der Waals surface area contributed by atoms with Gasteiger partial charge in [-0.25, -0.2) is 4.52 Å². The number of hydrogen-bond donors (Lipinski definition) is 2. The summed E-state index contributed by atoms with van der Waals surface area (Å²) in [7, 11) is 0. The summed E-state index contributed by atoms with van der Waals surface area (Å²) in [6.07, 6.45) is -4.47. The second kappa shape index (κ2) is 4.37. The summed E-state index contributed by atoms with van der Waals surface area (Å²) in [6.45, 7) is 0. The Morgan fingerprint density at radius 1 is 1.05 bits per heavy atom. The minimum atomic E-state index is -4.47. The van der Waals surface area contributed by atoms with Gasteiger partial charge in [0.25, 0.3) is 11.1 Å². The molecule has 0 saturated heterocycles. The number of H-pyrrole nitrogens is 2. The van der Waals surface area contributed by atoms with Crippen molar-refractivity contribution < 1.29 is 13.2 Å². The molecule has 2 aromatic heterocycles. The smallest absolute Gasteiger partial charge is 0.339 e. The van der Waals surface area contributed by atoms with E-state index in [-0.39, 0.29) is 16.9 Å². The van der Waals surface area contributed by atoms with Gasteiger partial charge >= 0.3 is 6.18 Å². The van der Waals surface area contributed by atoms with Gasteiger partial charge in [-0.15, -0.1) is 0 Å². The maximum Gasteiger partial charge on any atom is 0.416 e. The molecule has 0 aliphatic carbocycles. The molecule has 21 heavy (non-hydrogen) atoms. The molecular formula is C13H8F3N3O2. The molecule has 0 aliphatic rings. The fourth-order valence-corrected chi connectivity index (χ4v) is 2.04. The van der Waals surface area contributed by atoms with E-state index >= 15 is 0 Å². The van der Waals surface area contributed by atoms with Crippen molar-refractivity contribution in [1.29, 1.82) is 0 Å². The fraction of sp³-hybridized carbons (Fsp3) is 0.0769. The van der Waals surface area contributed by atoms with Gasteiger partial charge in [-0.2, -0.15) is 13.2 Å². The number of rotatable bonds is 1. The summed E-state index contributed by atoms with van der Waals surface area (Å²) in [4.78, 5) is 25.8. The van der Waals surface area contributed by atoms with E-state index in [2.05, 4.69) is 10.1 Å². The molecule has 0 radical (unpaired) electrons. The Morgan fingerprint density at radius 3 is 2.52 bits per heavy atom. The van der Waals surface area contributed by atoms with Crippen molar-refractivity contribution in [1.82, 2.24) is 14.6 Å². The monoisotopic (exact) mass is 295 g/mol. The molecule has 108 valence electrons. The van der Waals surface area contributed by atoms with Gasteiger partial charge in [0.2, 0.25) is 0 Å². The van der Waals surface area contributed by atoms with Gasteiger partial charge in [0.1, 0.15) is 5.65 Å². The quantitative estimate of drug-likeness (QED) is 0.721. The molecule has 3 aromatic rings. The summed E-state index contributed by atoms with van der Waals surface area (Å²) in [5, 5.41) is 2.28. The molecular weight excluding hydrogens is 287 g/mol. The van der Waals surface area contributed by atoms with Crippen LogP contribution in [0.15, 0.2) is 46.0 Å². The van der Waals surface area contributed by atoms with Crippen molar-refractivity contribution in [3.8, 4) is 11.3 Å². The van der Waals surface area contributed by atoms with Crippen LogP contribution in [0.3, 0.4) is 0 Å². The Morgan fingerprint density at radius 2 is 1.81 bits per heavy atom. The first-order valence-corrected chi connectivity index (χ1v) is 5.87. The van der Waals surface area contributed by atoms with E-state index in [1.807, 2.05) is 0 Å². The maximum atomic E-state index is 12.7. The minimum absolute atomic E-state index is 0.180. The average molecular weight is 295 g/mol. The first-order valence-electron chi connectivity index (χ1n) is 5.87. The zero-order chi connectivity index (χ0) is 15.2. The van der Waals surface area contributed by atoms with Gasteiger partial charge < -0.3 is 4.98 Å². The lowest BCUT2D eigenvalue weighted by Crippen LogP contribution is -2.16. The van der Waals surface area contributed by atoms with E-state index < -0.39 is 22.9 Å². The highest BCUT2D eigenvalue weighted by Gasteiger charge is 2.30. The van der Waals surface area contributed by atoms with E-state index in [0.717, 1.165) is 28.8 Å². The second-order valence-electron chi connectivity index (χ2n) is 4.44. The van der Waals surface area contributed by atoms with Crippen LogP contribution in [0.5, 0.6) is 0 Å². The third kappa shape index (κ3) is 2.35. The van der Waals surface area contributed by atoms with Crippen molar-refractivity contribution in [2.45, 2.75) is 6.18 Å². The minimum Gasteiger partial charge on any atom is -0.339 e. The summed E-state index contributed by atoms with van der Waals surface area (Å²) in [5.41, 5.74) is -1.25. The number of fused-ring (bicyclic) bond motifs is 1. The third-order valence-corrected chi connectivity index (χ3v) is 2.98. The molecule has 1 aromatic carbocycles. The standard InChI is InChI=1S/C13H8F3N3O2/c14-13(15,16)8-3-1-2-7(4-8)9-5-12(21)19-10(17-9)6-11(20)18-19/h1-6,17H,(H,18,20). The summed E-state index contributed by atoms with van der Waals surface area (Å²) >= 11 is 0. The van der Waals surface area contributed by atoms with Gasteiger partial charge in [0, 0.05) is 12.1 Å². The lowest BCUT2D eigenvalue weighted by Gasteiger charge is -2.09. The fourth-order valence-electron chi connectivity index (χ4n) is 2.04.